The topological polar surface area (TPSA) is 91.2 Å². The Morgan fingerprint density at radius 3 is 2.57 bits per heavy atom. The summed E-state index contributed by atoms with van der Waals surface area (Å²) in [4.78, 5) is 13.4. The maximum atomic E-state index is 12.1. The number of methoxy groups -OCH3 is 2. The number of carbonyl (C=O) groups is 1. The van der Waals surface area contributed by atoms with E-state index >= 15 is 0 Å². The van der Waals surface area contributed by atoms with Gasteiger partial charge in [0, 0.05) is 17.1 Å². The van der Waals surface area contributed by atoms with Crippen molar-refractivity contribution in [1.29, 1.82) is 0 Å². The minimum atomic E-state index is -0.194. The van der Waals surface area contributed by atoms with Crippen LogP contribution >= 0.6 is 11.6 Å². The lowest BCUT2D eigenvalue weighted by molar-refractivity contribution is -0.122. The van der Waals surface area contributed by atoms with Gasteiger partial charge < -0.3 is 14.8 Å². The van der Waals surface area contributed by atoms with Crippen LogP contribution in [-0.4, -0.2) is 46.9 Å². The molecule has 0 atom stereocenters. The lowest BCUT2D eigenvalue weighted by Crippen LogP contribution is -2.30. The third-order valence-electron chi connectivity index (χ3n) is 4.02. The van der Waals surface area contributed by atoms with E-state index in [2.05, 4.69) is 20.7 Å². The van der Waals surface area contributed by atoms with Crippen molar-refractivity contribution >= 4 is 17.5 Å². The van der Waals surface area contributed by atoms with Crippen molar-refractivity contribution < 1.29 is 14.3 Å². The van der Waals surface area contributed by atoms with Gasteiger partial charge >= 0.3 is 0 Å². The highest BCUT2D eigenvalue weighted by Crippen LogP contribution is 2.27. The van der Waals surface area contributed by atoms with Crippen molar-refractivity contribution in [2.75, 3.05) is 20.8 Å². The van der Waals surface area contributed by atoms with Crippen LogP contribution in [0.3, 0.4) is 0 Å². The molecule has 0 bridgehead atoms. The van der Waals surface area contributed by atoms with Gasteiger partial charge in [-0.05, 0) is 53.6 Å². The molecular formula is C19H20ClN5O3. The SMILES string of the molecule is COc1ccc(CCNC(=O)Cn2nnc(-c3ccc(Cl)cc3)n2)cc1OC. The van der Waals surface area contributed by atoms with Crippen molar-refractivity contribution in [3.8, 4) is 22.9 Å². The summed E-state index contributed by atoms with van der Waals surface area (Å²) in [6.45, 7) is 0.472. The van der Waals surface area contributed by atoms with Crippen LogP contribution in [0.25, 0.3) is 11.4 Å². The predicted molar refractivity (Wildman–Crippen MR) is 105 cm³/mol. The molecule has 146 valence electrons. The lowest BCUT2D eigenvalue weighted by atomic mass is 10.1. The molecular weight excluding hydrogens is 382 g/mol. The molecule has 1 heterocycles. The average Bonchev–Trinajstić information content (AvgIpc) is 3.16. The van der Waals surface area contributed by atoms with Crippen molar-refractivity contribution in [3.05, 3.63) is 53.1 Å². The summed E-state index contributed by atoms with van der Waals surface area (Å²) in [5, 5.41) is 15.6. The first kappa shape index (κ1) is 19.6. The molecule has 0 unspecified atom stereocenters. The molecule has 0 saturated heterocycles. The van der Waals surface area contributed by atoms with Crippen molar-refractivity contribution in [3.63, 3.8) is 0 Å². The Morgan fingerprint density at radius 1 is 1.11 bits per heavy atom. The Balaban J connectivity index is 1.50. The van der Waals surface area contributed by atoms with Gasteiger partial charge in [-0.1, -0.05) is 17.7 Å². The molecule has 8 nitrogen and oxygen atoms in total. The van der Waals surface area contributed by atoms with Crippen molar-refractivity contribution in [2.45, 2.75) is 13.0 Å². The highest BCUT2D eigenvalue weighted by Gasteiger charge is 2.10. The molecule has 0 aliphatic rings. The number of halogens is 1. The quantitative estimate of drug-likeness (QED) is 0.623. The fraction of sp³-hybridized carbons (Fsp3) is 0.263. The molecule has 0 spiro atoms. The number of rotatable bonds is 8. The molecule has 1 amide bonds. The van der Waals surface area contributed by atoms with Crippen LogP contribution in [0.2, 0.25) is 5.02 Å². The lowest BCUT2D eigenvalue weighted by Gasteiger charge is -2.10. The fourth-order valence-corrected chi connectivity index (χ4v) is 2.72. The van der Waals surface area contributed by atoms with Gasteiger partial charge in [0.25, 0.3) is 0 Å². The molecule has 0 radical (unpaired) electrons. The van der Waals surface area contributed by atoms with E-state index in [4.69, 9.17) is 21.1 Å². The van der Waals surface area contributed by atoms with E-state index in [0.29, 0.717) is 35.3 Å². The van der Waals surface area contributed by atoms with Gasteiger partial charge in [0.05, 0.1) is 14.2 Å². The summed E-state index contributed by atoms with van der Waals surface area (Å²) >= 11 is 5.87. The molecule has 1 N–H and O–H groups in total. The molecule has 28 heavy (non-hydrogen) atoms. The van der Waals surface area contributed by atoms with Gasteiger partial charge in [-0.3, -0.25) is 4.79 Å². The van der Waals surface area contributed by atoms with Gasteiger partial charge in [0.2, 0.25) is 11.7 Å². The van der Waals surface area contributed by atoms with Crippen LogP contribution in [0.1, 0.15) is 5.56 Å². The first-order valence-electron chi connectivity index (χ1n) is 8.60. The van der Waals surface area contributed by atoms with E-state index in [1.807, 2.05) is 18.2 Å². The highest BCUT2D eigenvalue weighted by molar-refractivity contribution is 6.30. The second-order valence-corrected chi connectivity index (χ2v) is 6.38. The molecule has 3 aromatic rings. The Labute approximate surface area is 167 Å². The average molecular weight is 402 g/mol. The monoisotopic (exact) mass is 401 g/mol. The maximum absolute atomic E-state index is 12.1. The number of amides is 1. The van der Waals surface area contributed by atoms with Crippen LogP contribution in [0, 0.1) is 0 Å². The Hall–Kier alpha value is -3.13. The first-order valence-corrected chi connectivity index (χ1v) is 8.98. The van der Waals surface area contributed by atoms with E-state index < -0.39 is 0 Å². The van der Waals surface area contributed by atoms with Gasteiger partial charge in [0.1, 0.15) is 6.54 Å². The molecule has 3 rings (SSSR count). The summed E-state index contributed by atoms with van der Waals surface area (Å²) in [7, 11) is 3.18. The van der Waals surface area contributed by atoms with Crippen LogP contribution in [0.5, 0.6) is 11.5 Å². The predicted octanol–water partition coefficient (Wildman–Crippen LogP) is 2.37. The molecule has 0 fully saturated rings. The number of nitrogens with zero attached hydrogens (tertiary/aromatic N) is 4. The van der Waals surface area contributed by atoms with Crippen molar-refractivity contribution in [1.82, 2.24) is 25.5 Å². The summed E-state index contributed by atoms with van der Waals surface area (Å²) in [6.07, 6.45) is 0.660. The summed E-state index contributed by atoms with van der Waals surface area (Å²) in [5.41, 5.74) is 1.81. The van der Waals surface area contributed by atoms with Gasteiger partial charge in [-0.25, -0.2) is 0 Å². The van der Waals surface area contributed by atoms with Crippen molar-refractivity contribution in [2.24, 2.45) is 0 Å². The Morgan fingerprint density at radius 2 is 1.86 bits per heavy atom. The highest BCUT2D eigenvalue weighted by atomic mass is 35.5. The summed E-state index contributed by atoms with van der Waals surface area (Å²) < 4.78 is 10.5. The van der Waals surface area contributed by atoms with E-state index in [9.17, 15) is 4.79 Å². The number of benzene rings is 2. The first-order chi connectivity index (χ1) is 13.6. The van der Waals surface area contributed by atoms with Crippen LogP contribution < -0.4 is 14.8 Å². The minimum Gasteiger partial charge on any atom is -0.493 e. The normalized spacial score (nSPS) is 10.5. The number of ether oxygens (including phenoxy) is 2. The minimum absolute atomic E-state index is 0.00742. The molecule has 9 heteroatoms. The Kier molecular flexibility index (Phi) is 6.44. The largest absolute Gasteiger partial charge is 0.493 e. The number of carbonyl (C=O) groups excluding carboxylic acids is 1. The number of hydrogen-bond donors (Lipinski definition) is 1. The number of aromatic nitrogens is 4. The van der Waals surface area contributed by atoms with Gasteiger partial charge in [-0.2, -0.15) is 4.80 Å². The number of hydrogen-bond acceptors (Lipinski definition) is 6. The Bertz CT molecular complexity index is 943. The number of nitrogens with one attached hydrogen (secondary N) is 1. The van der Waals surface area contributed by atoms with E-state index in [0.717, 1.165) is 11.1 Å². The molecule has 0 saturated carbocycles. The third kappa shape index (κ3) is 4.98. The van der Waals surface area contributed by atoms with Gasteiger partial charge in [0.15, 0.2) is 11.5 Å². The molecule has 1 aromatic heterocycles. The van der Waals surface area contributed by atoms with Crippen LogP contribution in [0.4, 0.5) is 0 Å². The van der Waals surface area contributed by atoms with E-state index in [-0.39, 0.29) is 12.5 Å². The standard InChI is InChI=1S/C19H20ClN5O3/c1-27-16-8-3-13(11-17(16)28-2)9-10-21-18(26)12-25-23-19(22-24-25)14-4-6-15(20)7-5-14/h3-8,11H,9-10,12H2,1-2H3,(H,21,26). The zero-order valence-corrected chi connectivity index (χ0v) is 16.3. The second-order valence-electron chi connectivity index (χ2n) is 5.94. The smallest absolute Gasteiger partial charge is 0.243 e. The van der Waals surface area contributed by atoms with E-state index in [1.54, 1.807) is 38.5 Å². The zero-order chi connectivity index (χ0) is 19.9. The summed E-state index contributed by atoms with van der Waals surface area (Å²) in [6, 6.07) is 12.8. The van der Waals surface area contributed by atoms with Crippen LogP contribution in [0.15, 0.2) is 42.5 Å². The van der Waals surface area contributed by atoms with E-state index in [1.165, 1.54) is 4.80 Å². The molecule has 0 aliphatic heterocycles. The number of tetrazole rings is 1. The summed E-state index contributed by atoms with van der Waals surface area (Å²) in [5.74, 6) is 1.58. The second kappa shape index (κ2) is 9.18. The van der Waals surface area contributed by atoms with Crippen LogP contribution in [-0.2, 0) is 17.8 Å². The fourth-order valence-electron chi connectivity index (χ4n) is 2.59. The zero-order valence-electron chi connectivity index (χ0n) is 15.6. The van der Waals surface area contributed by atoms with Gasteiger partial charge in [-0.15, -0.1) is 10.2 Å². The maximum Gasteiger partial charge on any atom is 0.243 e. The molecule has 2 aromatic carbocycles. The molecule has 0 aliphatic carbocycles. The third-order valence-corrected chi connectivity index (χ3v) is 4.28.